The third kappa shape index (κ3) is 3.31. The number of methoxy groups -OCH3 is 1. The summed E-state index contributed by atoms with van der Waals surface area (Å²) in [6.45, 7) is 0. The van der Waals surface area contributed by atoms with Gasteiger partial charge in [0.05, 0.1) is 13.2 Å². The fourth-order valence-electron chi connectivity index (χ4n) is 1.85. The van der Waals surface area contributed by atoms with Crippen molar-refractivity contribution in [2.45, 2.75) is 18.9 Å². The zero-order chi connectivity index (χ0) is 12.8. The summed E-state index contributed by atoms with van der Waals surface area (Å²) in [6, 6.07) is 11.5. The van der Waals surface area contributed by atoms with E-state index < -0.39 is 6.10 Å². The molecule has 0 saturated carbocycles. The Bertz CT molecular complexity index is 468. The topological polar surface area (TPSA) is 42.4 Å². The van der Waals surface area contributed by atoms with Crippen molar-refractivity contribution in [3.05, 3.63) is 59.9 Å². The fraction of sp³-hybridized carbons (Fsp3) is 0.267. The molecule has 2 aromatic rings. The van der Waals surface area contributed by atoms with Gasteiger partial charge in [0.25, 0.3) is 0 Å². The summed E-state index contributed by atoms with van der Waals surface area (Å²) in [6.07, 6.45) is 4.65. The number of rotatable bonds is 5. The lowest BCUT2D eigenvalue weighted by molar-refractivity contribution is 0.168. The van der Waals surface area contributed by atoms with E-state index >= 15 is 0 Å². The number of pyridine rings is 1. The van der Waals surface area contributed by atoms with E-state index in [0.29, 0.717) is 6.42 Å². The highest BCUT2D eigenvalue weighted by Gasteiger charge is 2.07. The second-order valence-electron chi connectivity index (χ2n) is 4.18. The van der Waals surface area contributed by atoms with Crippen LogP contribution in [0.1, 0.15) is 23.7 Å². The Hall–Kier alpha value is -1.87. The number of nitrogens with zero attached hydrogens (tertiary/aromatic N) is 1. The molecule has 0 radical (unpaired) electrons. The molecule has 0 bridgehead atoms. The first-order chi connectivity index (χ1) is 8.79. The molecule has 3 heteroatoms. The smallest absolute Gasteiger partial charge is 0.118 e. The average Bonchev–Trinajstić information content (AvgIpc) is 2.46. The first-order valence-electron chi connectivity index (χ1n) is 6.00. The molecule has 3 nitrogen and oxygen atoms in total. The maximum Gasteiger partial charge on any atom is 0.118 e. The van der Waals surface area contributed by atoms with E-state index in [2.05, 4.69) is 4.98 Å². The molecule has 0 saturated heterocycles. The molecule has 1 aromatic carbocycles. The molecule has 1 heterocycles. The van der Waals surface area contributed by atoms with Crippen LogP contribution < -0.4 is 4.74 Å². The Morgan fingerprint density at radius 3 is 2.39 bits per heavy atom. The van der Waals surface area contributed by atoms with Crippen LogP contribution in [-0.2, 0) is 6.42 Å². The maximum absolute atomic E-state index is 10.1. The molecule has 1 N–H and O–H groups in total. The van der Waals surface area contributed by atoms with Crippen LogP contribution in [0.25, 0.3) is 0 Å². The third-order valence-corrected chi connectivity index (χ3v) is 2.96. The van der Waals surface area contributed by atoms with Crippen LogP contribution in [0, 0.1) is 0 Å². The summed E-state index contributed by atoms with van der Waals surface area (Å²) < 4.78 is 5.09. The molecule has 0 aliphatic rings. The maximum atomic E-state index is 10.1. The Labute approximate surface area is 107 Å². The molecule has 0 spiro atoms. The molecule has 0 amide bonds. The van der Waals surface area contributed by atoms with Gasteiger partial charge in [0.1, 0.15) is 5.75 Å². The Kier molecular flexibility index (Phi) is 4.31. The van der Waals surface area contributed by atoms with E-state index in [-0.39, 0.29) is 0 Å². The first-order valence-corrected chi connectivity index (χ1v) is 6.00. The molecule has 0 fully saturated rings. The van der Waals surface area contributed by atoms with Gasteiger partial charge in [-0.05, 0) is 48.2 Å². The van der Waals surface area contributed by atoms with E-state index in [1.165, 1.54) is 5.56 Å². The van der Waals surface area contributed by atoms with E-state index in [9.17, 15) is 5.11 Å². The van der Waals surface area contributed by atoms with Gasteiger partial charge < -0.3 is 9.84 Å². The van der Waals surface area contributed by atoms with Crippen molar-refractivity contribution in [3.63, 3.8) is 0 Å². The summed E-state index contributed by atoms with van der Waals surface area (Å²) >= 11 is 0. The predicted molar refractivity (Wildman–Crippen MR) is 70.5 cm³/mol. The number of ether oxygens (including phenoxy) is 1. The highest BCUT2D eigenvalue weighted by Crippen LogP contribution is 2.21. The lowest BCUT2D eigenvalue weighted by Crippen LogP contribution is -1.99. The van der Waals surface area contributed by atoms with Crippen molar-refractivity contribution in [2.75, 3.05) is 7.11 Å². The number of benzene rings is 1. The number of aliphatic hydroxyl groups is 1. The lowest BCUT2D eigenvalue weighted by Gasteiger charge is -2.11. The molecular formula is C15H17NO2. The van der Waals surface area contributed by atoms with Crippen LogP contribution in [0.5, 0.6) is 5.75 Å². The molecule has 1 aromatic heterocycles. The van der Waals surface area contributed by atoms with Crippen LogP contribution in [0.3, 0.4) is 0 Å². The van der Waals surface area contributed by atoms with Crippen molar-refractivity contribution >= 4 is 0 Å². The fourth-order valence-corrected chi connectivity index (χ4v) is 1.85. The minimum Gasteiger partial charge on any atom is -0.497 e. The highest BCUT2D eigenvalue weighted by atomic mass is 16.5. The first kappa shape index (κ1) is 12.6. The van der Waals surface area contributed by atoms with Crippen LogP contribution in [0.4, 0.5) is 0 Å². The van der Waals surface area contributed by atoms with Crippen LogP contribution in [0.15, 0.2) is 48.8 Å². The zero-order valence-electron chi connectivity index (χ0n) is 10.4. The van der Waals surface area contributed by atoms with Crippen molar-refractivity contribution in [3.8, 4) is 5.75 Å². The summed E-state index contributed by atoms with van der Waals surface area (Å²) in [7, 11) is 1.63. The summed E-state index contributed by atoms with van der Waals surface area (Å²) in [5, 5.41) is 10.1. The van der Waals surface area contributed by atoms with Crippen molar-refractivity contribution < 1.29 is 9.84 Å². The SMILES string of the molecule is COc1ccc(C(O)CCc2ccncc2)cc1. The van der Waals surface area contributed by atoms with Crippen LogP contribution >= 0.6 is 0 Å². The molecule has 2 rings (SSSR count). The minimum atomic E-state index is -0.441. The number of aromatic nitrogens is 1. The van der Waals surface area contributed by atoms with Crippen LogP contribution in [-0.4, -0.2) is 17.2 Å². The van der Waals surface area contributed by atoms with Gasteiger partial charge in [-0.3, -0.25) is 4.98 Å². The number of hydrogen-bond donors (Lipinski definition) is 1. The monoisotopic (exact) mass is 243 g/mol. The number of aliphatic hydroxyl groups excluding tert-OH is 1. The van der Waals surface area contributed by atoms with Gasteiger partial charge in [0, 0.05) is 12.4 Å². The van der Waals surface area contributed by atoms with E-state index in [1.807, 2.05) is 36.4 Å². The molecule has 18 heavy (non-hydrogen) atoms. The van der Waals surface area contributed by atoms with Crippen molar-refractivity contribution in [1.29, 1.82) is 0 Å². The average molecular weight is 243 g/mol. The second kappa shape index (κ2) is 6.17. The molecule has 0 aliphatic carbocycles. The van der Waals surface area contributed by atoms with Gasteiger partial charge >= 0.3 is 0 Å². The van der Waals surface area contributed by atoms with E-state index in [1.54, 1.807) is 19.5 Å². The molecular weight excluding hydrogens is 226 g/mol. The van der Waals surface area contributed by atoms with E-state index in [0.717, 1.165) is 17.7 Å². The van der Waals surface area contributed by atoms with E-state index in [4.69, 9.17) is 4.74 Å². The normalized spacial score (nSPS) is 12.1. The van der Waals surface area contributed by atoms with Gasteiger partial charge in [0.2, 0.25) is 0 Å². The molecule has 0 aliphatic heterocycles. The van der Waals surface area contributed by atoms with Gasteiger partial charge in [-0.2, -0.15) is 0 Å². The zero-order valence-corrected chi connectivity index (χ0v) is 10.4. The lowest BCUT2D eigenvalue weighted by atomic mass is 10.0. The Balaban J connectivity index is 1.93. The summed E-state index contributed by atoms with van der Waals surface area (Å²) in [5.74, 6) is 0.806. The molecule has 1 atom stereocenters. The van der Waals surface area contributed by atoms with Crippen molar-refractivity contribution in [2.24, 2.45) is 0 Å². The van der Waals surface area contributed by atoms with Gasteiger partial charge in [-0.1, -0.05) is 12.1 Å². The Morgan fingerprint density at radius 2 is 1.78 bits per heavy atom. The molecule has 1 unspecified atom stereocenters. The predicted octanol–water partition coefficient (Wildman–Crippen LogP) is 2.76. The van der Waals surface area contributed by atoms with Gasteiger partial charge in [-0.15, -0.1) is 0 Å². The molecule has 94 valence electrons. The highest BCUT2D eigenvalue weighted by molar-refractivity contribution is 5.28. The quantitative estimate of drug-likeness (QED) is 0.878. The third-order valence-electron chi connectivity index (χ3n) is 2.96. The standard InChI is InChI=1S/C15H17NO2/c1-18-14-5-3-13(4-6-14)15(17)7-2-12-8-10-16-11-9-12/h3-6,8-11,15,17H,2,7H2,1H3. The van der Waals surface area contributed by atoms with Gasteiger partial charge in [0.15, 0.2) is 0 Å². The summed E-state index contributed by atoms with van der Waals surface area (Å²) in [4.78, 5) is 3.97. The van der Waals surface area contributed by atoms with Gasteiger partial charge in [-0.25, -0.2) is 0 Å². The summed E-state index contributed by atoms with van der Waals surface area (Å²) in [5.41, 5.74) is 2.11. The Morgan fingerprint density at radius 1 is 1.11 bits per heavy atom. The largest absolute Gasteiger partial charge is 0.497 e. The van der Waals surface area contributed by atoms with Crippen molar-refractivity contribution in [1.82, 2.24) is 4.98 Å². The number of aryl methyl sites for hydroxylation is 1. The minimum absolute atomic E-state index is 0.441. The van der Waals surface area contributed by atoms with Crippen LogP contribution in [0.2, 0.25) is 0 Å². The number of hydrogen-bond acceptors (Lipinski definition) is 3. The second-order valence-corrected chi connectivity index (χ2v) is 4.18.